The number of aryl methyl sites for hydroxylation is 1. The predicted octanol–water partition coefficient (Wildman–Crippen LogP) is 5.39. The van der Waals surface area contributed by atoms with E-state index in [0.29, 0.717) is 28.1 Å². The SMILES string of the molecule is CCC(c1ccc(C(=O)NCc2ncccn2)cc1-c1ccc(C)cc1C(=O)O)c1c[nH]c2cc(C(=N)N)ccc12. The van der Waals surface area contributed by atoms with Crippen LogP contribution in [0.4, 0.5) is 0 Å². The Morgan fingerprint density at radius 3 is 2.46 bits per heavy atom. The number of benzene rings is 3. The van der Waals surface area contributed by atoms with Gasteiger partial charge in [0, 0.05) is 46.5 Å². The Labute approximate surface area is 237 Å². The van der Waals surface area contributed by atoms with Gasteiger partial charge < -0.3 is 21.1 Å². The number of carboxylic acids is 1. The topological polar surface area (TPSA) is 158 Å². The van der Waals surface area contributed by atoms with Crippen molar-refractivity contribution in [2.45, 2.75) is 32.7 Å². The smallest absolute Gasteiger partial charge is 0.336 e. The fraction of sp³-hybridized carbons (Fsp3) is 0.156. The summed E-state index contributed by atoms with van der Waals surface area (Å²) in [4.78, 5) is 37.2. The predicted molar refractivity (Wildman–Crippen MR) is 158 cm³/mol. The van der Waals surface area contributed by atoms with Gasteiger partial charge in [0.2, 0.25) is 0 Å². The van der Waals surface area contributed by atoms with E-state index in [2.05, 4.69) is 27.2 Å². The van der Waals surface area contributed by atoms with Crippen molar-refractivity contribution < 1.29 is 14.7 Å². The molecule has 9 nitrogen and oxygen atoms in total. The molecule has 0 spiro atoms. The summed E-state index contributed by atoms with van der Waals surface area (Å²) in [6, 6.07) is 18.1. The van der Waals surface area contributed by atoms with Crippen molar-refractivity contribution in [3.05, 3.63) is 118 Å². The van der Waals surface area contributed by atoms with Crippen LogP contribution in [-0.2, 0) is 6.54 Å². The number of nitrogens with zero attached hydrogens (tertiary/aromatic N) is 2. The minimum atomic E-state index is -1.04. The quantitative estimate of drug-likeness (QED) is 0.123. The minimum absolute atomic E-state index is 0.00867. The number of rotatable bonds is 9. The van der Waals surface area contributed by atoms with Crippen molar-refractivity contribution in [2.75, 3.05) is 0 Å². The third-order valence-electron chi connectivity index (χ3n) is 7.22. The van der Waals surface area contributed by atoms with E-state index < -0.39 is 5.97 Å². The van der Waals surface area contributed by atoms with Gasteiger partial charge in [0.15, 0.2) is 0 Å². The fourth-order valence-electron chi connectivity index (χ4n) is 5.20. The maximum atomic E-state index is 13.2. The molecule has 0 fully saturated rings. The largest absolute Gasteiger partial charge is 0.478 e. The highest BCUT2D eigenvalue weighted by atomic mass is 16.4. The first kappa shape index (κ1) is 27.3. The van der Waals surface area contributed by atoms with E-state index >= 15 is 0 Å². The van der Waals surface area contributed by atoms with E-state index in [0.717, 1.165) is 34.0 Å². The minimum Gasteiger partial charge on any atom is -0.478 e. The number of H-pyrrole nitrogens is 1. The van der Waals surface area contributed by atoms with Gasteiger partial charge in [-0.15, -0.1) is 0 Å². The second-order valence-electron chi connectivity index (χ2n) is 9.88. The summed E-state index contributed by atoms with van der Waals surface area (Å²) >= 11 is 0. The van der Waals surface area contributed by atoms with Crippen LogP contribution in [0.15, 0.2) is 79.3 Å². The molecule has 1 atom stereocenters. The molecule has 0 saturated heterocycles. The van der Waals surface area contributed by atoms with Crippen LogP contribution in [0.3, 0.4) is 0 Å². The van der Waals surface area contributed by atoms with Gasteiger partial charge in [0.25, 0.3) is 5.91 Å². The molecule has 5 aromatic rings. The zero-order valence-corrected chi connectivity index (χ0v) is 22.7. The molecule has 2 aromatic heterocycles. The van der Waals surface area contributed by atoms with Gasteiger partial charge in [-0.2, -0.15) is 0 Å². The van der Waals surface area contributed by atoms with Crippen LogP contribution in [0.25, 0.3) is 22.0 Å². The standard InChI is InChI=1S/C32H30N6O3/c1-3-21(27-16-37-28-15-19(30(33)34)6-10-24(27)28)22-9-7-20(31(39)38-17-29-35-11-4-12-36-29)14-25(22)23-8-5-18(2)13-26(23)32(40)41/h4-16,21,37H,3,17H2,1-2H3,(H3,33,34)(H,38,39)(H,40,41). The van der Waals surface area contributed by atoms with Crippen LogP contribution < -0.4 is 11.1 Å². The van der Waals surface area contributed by atoms with E-state index in [1.165, 1.54) is 0 Å². The molecule has 2 heterocycles. The number of aromatic carboxylic acids is 1. The van der Waals surface area contributed by atoms with Crippen molar-refractivity contribution in [3.63, 3.8) is 0 Å². The number of nitrogen functional groups attached to an aromatic ring is 1. The van der Waals surface area contributed by atoms with Crippen LogP contribution in [0.5, 0.6) is 0 Å². The van der Waals surface area contributed by atoms with Gasteiger partial charge in [-0.1, -0.05) is 42.8 Å². The number of aromatic nitrogens is 3. The Morgan fingerprint density at radius 1 is 1.00 bits per heavy atom. The number of hydrogen-bond acceptors (Lipinski definition) is 5. The third-order valence-corrected chi connectivity index (χ3v) is 7.22. The fourth-order valence-corrected chi connectivity index (χ4v) is 5.20. The van der Waals surface area contributed by atoms with E-state index in [1.807, 2.05) is 43.5 Å². The molecule has 0 aliphatic heterocycles. The first-order valence-electron chi connectivity index (χ1n) is 13.2. The molecule has 3 aromatic carbocycles. The van der Waals surface area contributed by atoms with E-state index in [-0.39, 0.29) is 29.8 Å². The first-order chi connectivity index (χ1) is 19.8. The van der Waals surface area contributed by atoms with Crippen molar-refractivity contribution >= 4 is 28.6 Å². The third kappa shape index (κ3) is 5.56. The highest BCUT2D eigenvalue weighted by Gasteiger charge is 2.24. The highest BCUT2D eigenvalue weighted by Crippen LogP contribution is 2.40. The first-order valence-corrected chi connectivity index (χ1v) is 13.2. The summed E-state index contributed by atoms with van der Waals surface area (Å²) in [6.07, 6.45) is 5.89. The molecule has 206 valence electrons. The monoisotopic (exact) mass is 546 g/mol. The summed E-state index contributed by atoms with van der Waals surface area (Å²) in [5, 5.41) is 21.7. The van der Waals surface area contributed by atoms with Crippen molar-refractivity contribution in [2.24, 2.45) is 5.73 Å². The number of carboxylic acid groups (broad SMARTS) is 1. The second-order valence-corrected chi connectivity index (χ2v) is 9.88. The molecule has 9 heteroatoms. The normalized spacial score (nSPS) is 11.8. The maximum absolute atomic E-state index is 13.2. The van der Waals surface area contributed by atoms with Gasteiger partial charge >= 0.3 is 5.97 Å². The van der Waals surface area contributed by atoms with Crippen molar-refractivity contribution in [1.82, 2.24) is 20.3 Å². The summed E-state index contributed by atoms with van der Waals surface area (Å²) in [5.41, 5.74) is 11.7. The molecule has 0 aliphatic rings. The van der Waals surface area contributed by atoms with E-state index in [9.17, 15) is 14.7 Å². The van der Waals surface area contributed by atoms with Crippen LogP contribution in [0, 0.1) is 12.3 Å². The molecular formula is C32H30N6O3. The van der Waals surface area contributed by atoms with Crippen LogP contribution in [0.1, 0.15) is 68.1 Å². The van der Waals surface area contributed by atoms with Crippen molar-refractivity contribution in [1.29, 1.82) is 5.41 Å². The average Bonchev–Trinajstić information content (AvgIpc) is 3.40. The molecule has 6 N–H and O–H groups in total. The number of nitrogens with one attached hydrogen (secondary N) is 3. The molecule has 0 aliphatic carbocycles. The number of amides is 1. The van der Waals surface area contributed by atoms with Gasteiger partial charge in [-0.25, -0.2) is 14.8 Å². The Morgan fingerprint density at radius 2 is 1.76 bits per heavy atom. The molecule has 1 amide bonds. The molecule has 1 unspecified atom stereocenters. The highest BCUT2D eigenvalue weighted by molar-refractivity contribution is 6.01. The Kier molecular flexibility index (Phi) is 7.60. The lowest BCUT2D eigenvalue weighted by atomic mass is 9.82. The maximum Gasteiger partial charge on any atom is 0.336 e. The number of hydrogen-bond donors (Lipinski definition) is 5. The summed E-state index contributed by atoms with van der Waals surface area (Å²) in [7, 11) is 0. The van der Waals surface area contributed by atoms with E-state index in [1.54, 1.807) is 42.7 Å². The number of carbonyl (C=O) groups excluding carboxylic acids is 1. The number of amidine groups is 1. The lowest BCUT2D eigenvalue weighted by molar-refractivity contribution is 0.0697. The number of aromatic amines is 1. The molecule has 0 bridgehead atoms. The number of nitrogens with two attached hydrogens (primary N) is 1. The molecular weight excluding hydrogens is 516 g/mol. The lowest BCUT2D eigenvalue weighted by Crippen LogP contribution is -2.24. The van der Waals surface area contributed by atoms with Gasteiger partial charge in [-0.3, -0.25) is 10.2 Å². The van der Waals surface area contributed by atoms with Crippen molar-refractivity contribution in [3.8, 4) is 11.1 Å². The summed E-state index contributed by atoms with van der Waals surface area (Å²) in [5.74, 6) is -0.984. The van der Waals surface area contributed by atoms with E-state index in [4.69, 9.17) is 11.1 Å². The molecule has 5 rings (SSSR count). The molecule has 0 saturated carbocycles. The Hall–Kier alpha value is -5.31. The van der Waals surface area contributed by atoms with Crippen LogP contribution in [0.2, 0.25) is 0 Å². The van der Waals surface area contributed by atoms with Gasteiger partial charge in [-0.05, 0) is 65.9 Å². The Bertz CT molecular complexity index is 1780. The van der Waals surface area contributed by atoms with Crippen LogP contribution in [-0.4, -0.2) is 37.8 Å². The second kappa shape index (κ2) is 11.4. The van der Waals surface area contributed by atoms with Crippen LogP contribution >= 0.6 is 0 Å². The number of carbonyl (C=O) groups is 2. The summed E-state index contributed by atoms with van der Waals surface area (Å²) < 4.78 is 0. The molecule has 0 radical (unpaired) electrons. The average molecular weight is 547 g/mol. The van der Waals surface area contributed by atoms with Gasteiger partial charge in [0.1, 0.15) is 11.7 Å². The molecule has 41 heavy (non-hydrogen) atoms. The zero-order chi connectivity index (χ0) is 29.1. The lowest BCUT2D eigenvalue weighted by Gasteiger charge is -2.21. The summed E-state index contributed by atoms with van der Waals surface area (Å²) in [6.45, 7) is 4.09. The van der Waals surface area contributed by atoms with Gasteiger partial charge in [0.05, 0.1) is 12.1 Å². The zero-order valence-electron chi connectivity index (χ0n) is 22.7. The number of fused-ring (bicyclic) bond motifs is 1. The Balaban J connectivity index is 1.63.